The Morgan fingerprint density at radius 1 is 1.08 bits per heavy atom. The largest absolute Gasteiger partial charge is 0.497 e. The number of nitrogens with zero attached hydrogens (tertiary/aromatic N) is 4. The molecule has 0 saturated carbocycles. The zero-order chi connectivity index (χ0) is 26.5. The Hall–Kier alpha value is -4.03. The van der Waals surface area contributed by atoms with Gasteiger partial charge in [0.1, 0.15) is 17.9 Å². The summed E-state index contributed by atoms with van der Waals surface area (Å²) in [5, 5.41) is 4.90. The molecule has 3 heterocycles. The molecule has 4 aromatic rings. The lowest BCUT2D eigenvalue weighted by molar-refractivity contribution is -0.120. The van der Waals surface area contributed by atoms with Crippen molar-refractivity contribution in [2.75, 3.05) is 35.1 Å². The Labute approximate surface area is 224 Å². The van der Waals surface area contributed by atoms with Crippen molar-refractivity contribution in [1.29, 1.82) is 0 Å². The van der Waals surface area contributed by atoms with Crippen molar-refractivity contribution < 1.29 is 17.9 Å². The maximum absolute atomic E-state index is 13.1. The molecule has 1 fully saturated rings. The third-order valence-corrected chi connectivity index (χ3v) is 8.41. The fraction of sp³-hybridized carbons (Fsp3) is 0.231. The van der Waals surface area contributed by atoms with Crippen LogP contribution in [0, 0.1) is 5.92 Å². The number of piperidine rings is 1. The number of hydrogen-bond donors (Lipinski definition) is 2. The zero-order valence-corrected chi connectivity index (χ0v) is 22.2. The number of anilines is 3. The van der Waals surface area contributed by atoms with Gasteiger partial charge in [0.15, 0.2) is 5.13 Å². The van der Waals surface area contributed by atoms with Gasteiger partial charge in [0.05, 0.1) is 23.6 Å². The summed E-state index contributed by atoms with van der Waals surface area (Å²) in [6.07, 6.45) is 4.66. The van der Waals surface area contributed by atoms with Gasteiger partial charge in [0.2, 0.25) is 5.91 Å². The number of carbonyl (C=O) groups excluding carboxylic acids is 1. The van der Waals surface area contributed by atoms with Crippen LogP contribution in [0.1, 0.15) is 12.8 Å². The zero-order valence-electron chi connectivity index (χ0n) is 20.6. The van der Waals surface area contributed by atoms with Gasteiger partial charge >= 0.3 is 0 Å². The molecule has 1 saturated heterocycles. The molecule has 196 valence electrons. The third-order valence-electron chi connectivity index (χ3n) is 6.24. The number of sulfonamides is 1. The van der Waals surface area contributed by atoms with E-state index in [1.165, 1.54) is 36.0 Å². The van der Waals surface area contributed by atoms with E-state index < -0.39 is 10.0 Å². The lowest BCUT2D eigenvalue weighted by Gasteiger charge is -2.33. The molecule has 1 amide bonds. The monoisotopic (exact) mass is 550 g/mol. The number of ether oxygens (including phenoxy) is 1. The second-order valence-electron chi connectivity index (χ2n) is 8.73. The van der Waals surface area contributed by atoms with Crippen LogP contribution in [0.25, 0.3) is 11.3 Å². The number of hydrogen-bond acceptors (Lipinski definition) is 9. The van der Waals surface area contributed by atoms with E-state index in [1.54, 1.807) is 24.6 Å². The Morgan fingerprint density at radius 3 is 2.58 bits per heavy atom. The number of amides is 1. The van der Waals surface area contributed by atoms with Gasteiger partial charge in [-0.05, 0) is 61.4 Å². The van der Waals surface area contributed by atoms with Crippen molar-refractivity contribution in [3.8, 4) is 17.0 Å². The Bertz CT molecular complexity index is 1490. The molecule has 10 nitrogen and oxygen atoms in total. The molecule has 1 atom stereocenters. The fourth-order valence-corrected chi connectivity index (χ4v) is 6.04. The summed E-state index contributed by atoms with van der Waals surface area (Å²) in [6, 6.07) is 15.7. The summed E-state index contributed by atoms with van der Waals surface area (Å²) in [4.78, 5) is 28.1. The minimum atomic E-state index is -3.75. The number of carbonyl (C=O) groups is 1. The molecule has 2 aromatic heterocycles. The highest BCUT2D eigenvalue weighted by Gasteiger charge is 2.27. The minimum absolute atomic E-state index is 0.0889. The average molecular weight is 551 g/mol. The maximum atomic E-state index is 13.1. The number of methoxy groups -OCH3 is 1. The molecule has 1 aliphatic heterocycles. The number of benzene rings is 2. The van der Waals surface area contributed by atoms with E-state index in [0.717, 1.165) is 42.2 Å². The van der Waals surface area contributed by atoms with E-state index in [2.05, 4.69) is 29.9 Å². The lowest BCUT2D eigenvalue weighted by atomic mass is 9.97. The van der Waals surface area contributed by atoms with Crippen LogP contribution in [-0.4, -0.2) is 49.5 Å². The van der Waals surface area contributed by atoms with Crippen molar-refractivity contribution in [3.63, 3.8) is 0 Å². The standard InChI is InChI=1S/C26H26N6O4S2/c1-36-21-8-4-18(5-9-21)23-15-24(29-17-28-23)32-13-2-3-19(16-32)25(33)30-20-6-10-22(11-7-20)38(34,35)31-26-27-12-14-37-26/h4-12,14-15,17,19H,2-3,13,16H2,1H3,(H,27,31)(H,30,33). The second kappa shape index (κ2) is 11.2. The summed E-state index contributed by atoms with van der Waals surface area (Å²) < 4.78 is 32.7. The van der Waals surface area contributed by atoms with Gasteiger partial charge in [-0.2, -0.15) is 0 Å². The Morgan fingerprint density at radius 2 is 1.87 bits per heavy atom. The maximum Gasteiger partial charge on any atom is 0.263 e. The summed E-state index contributed by atoms with van der Waals surface area (Å²) >= 11 is 1.20. The number of aromatic nitrogens is 3. The van der Waals surface area contributed by atoms with Gasteiger partial charge < -0.3 is 15.0 Å². The van der Waals surface area contributed by atoms with Crippen LogP contribution in [-0.2, 0) is 14.8 Å². The van der Waals surface area contributed by atoms with E-state index in [4.69, 9.17) is 4.74 Å². The number of nitrogens with one attached hydrogen (secondary N) is 2. The SMILES string of the molecule is COc1ccc(-c2cc(N3CCCC(C(=O)Nc4ccc(S(=O)(=O)Nc5nccs5)cc4)C3)ncn2)cc1. The van der Waals surface area contributed by atoms with Gasteiger partial charge in [-0.3, -0.25) is 9.52 Å². The molecule has 0 aliphatic carbocycles. The first kappa shape index (κ1) is 25.6. The van der Waals surface area contributed by atoms with Gasteiger partial charge in [0.25, 0.3) is 10.0 Å². The van der Waals surface area contributed by atoms with Crippen molar-refractivity contribution >= 4 is 43.9 Å². The molecule has 2 N–H and O–H groups in total. The van der Waals surface area contributed by atoms with Crippen LogP contribution in [0.15, 0.2) is 77.4 Å². The van der Waals surface area contributed by atoms with Gasteiger partial charge in [0, 0.05) is 42.0 Å². The van der Waals surface area contributed by atoms with Crippen molar-refractivity contribution in [3.05, 3.63) is 72.5 Å². The van der Waals surface area contributed by atoms with Crippen LogP contribution in [0.5, 0.6) is 5.75 Å². The van der Waals surface area contributed by atoms with Crippen LogP contribution < -0.4 is 19.7 Å². The van der Waals surface area contributed by atoms with Gasteiger partial charge in [-0.25, -0.2) is 23.4 Å². The highest BCUT2D eigenvalue weighted by atomic mass is 32.2. The second-order valence-corrected chi connectivity index (χ2v) is 11.3. The van der Waals surface area contributed by atoms with Gasteiger partial charge in [-0.1, -0.05) is 0 Å². The topological polar surface area (TPSA) is 126 Å². The van der Waals surface area contributed by atoms with E-state index in [1.807, 2.05) is 30.3 Å². The van der Waals surface area contributed by atoms with Crippen LogP contribution in [0.4, 0.5) is 16.6 Å². The molecular formula is C26H26N6O4S2. The first-order valence-electron chi connectivity index (χ1n) is 12.0. The number of thiazole rings is 1. The Kier molecular flexibility index (Phi) is 7.52. The molecule has 1 unspecified atom stereocenters. The first-order chi connectivity index (χ1) is 18.4. The minimum Gasteiger partial charge on any atom is -0.497 e. The van der Waals surface area contributed by atoms with E-state index >= 15 is 0 Å². The molecule has 2 aromatic carbocycles. The van der Waals surface area contributed by atoms with Crippen LogP contribution in [0.2, 0.25) is 0 Å². The molecular weight excluding hydrogens is 524 g/mol. The van der Waals surface area contributed by atoms with E-state index in [9.17, 15) is 13.2 Å². The van der Waals surface area contributed by atoms with Crippen LogP contribution in [0.3, 0.4) is 0 Å². The quantitative estimate of drug-likeness (QED) is 0.333. The van der Waals surface area contributed by atoms with Crippen molar-refractivity contribution in [2.24, 2.45) is 5.92 Å². The highest BCUT2D eigenvalue weighted by molar-refractivity contribution is 7.93. The lowest BCUT2D eigenvalue weighted by Crippen LogP contribution is -2.41. The Balaban J connectivity index is 1.23. The van der Waals surface area contributed by atoms with Crippen LogP contribution >= 0.6 is 11.3 Å². The van der Waals surface area contributed by atoms with E-state index in [-0.39, 0.29) is 16.7 Å². The first-order valence-corrected chi connectivity index (χ1v) is 14.3. The van der Waals surface area contributed by atoms with Crippen molar-refractivity contribution in [2.45, 2.75) is 17.7 Å². The predicted molar refractivity (Wildman–Crippen MR) is 147 cm³/mol. The smallest absolute Gasteiger partial charge is 0.263 e. The molecule has 1 aliphatic rings. The predicted octanol–water partition coefficient (Wildman–Crippen LogP) is 4.26. The molecule has 0 spiro atoms. The normalized spacial score (nSPS) is 15.6. The molecule has 38 heavy (non-hydrogen) atoms. The highest BCUT2D eigenvalue weighted by Crippen LogP contribution is 2.27. The molecule has 5 rings (SSSR count). The molecule has 0 radical (unpaired) electrons. The summed E-state index contributed by atoms with van der Waals surface area (Å²) in [7, 11) is -2.13. The third kappa shape index (κ3) is 5.92. The average Bonchev–Trinajstić information content (AvgIpc) is 3.46. The summed E-state index contributed by atoms with van der Waals surface area (Å²) in [6.45, 7) is 1.32. The summed E-state index contributed by atoms with van der Waals surface area (Å²) in [5.74, 6) is 1.19. The summed E-state index contributed by atoms with van der Waals surface area (Å²) in [5.41, 5.74) is 2.28. The van der Waals surface area contributed by atoms with E-state index in [0.29, 0.717) is 17.4 Å². The molecule has 0 bridgehead atoms. The van der Waals surface area contributed by atoms with Gasteiger partial charge in [-0.15, -0.1) is 11.3 Å². The van der Waals surface area contributed by atoms with Crippen molar-refractivity contribution in [1.82, 2.24) is 15.0 Å². The fourth-order valence-electron chi connectivity index (χ4n) is 4.25. The molecule has 12 heteroatoms. The number of rotatable bonds is 8.